The number of halogens is 1. The highest BCUT2D eigenvalue weighted by Gasteiger charge is 2.12. The van der Waals surface area contributed by atoms with Gasteiger partial charge in [-0.15, -0.1) is 5.10 Å². The summed E-state index contributed by atoms with van der Waals surface area (Å²) in [5.74, 6) is 0. The van der Waals surface area contributed by atoms with Crippen LogP contribution in [0.3, 0.4) is 0 Å². The predicted octanol–water partition coefficient (Wildman–Crippen LogP) is 1.13. The Balaban J connectivity index is 2.11. The first-order chi connectivity index (χ1) is 8.61. The first-order valence-corrected chi connectivity index (χ1v) is 6.27. The van der Waals surface area contributed by atoms with Crippen molar-refractivity contribution in [2.24, 2.45) is 7.05 Å². The van der Waals surface area contributed by atoms with E-state index in [4.69, 9.17) is 11.6 Å². The van der Waals surface area contributed by atoms with E-state index in [1.807, 2.05) is 20.2 Å². The first kappa shape index (κ1) is 13.0. The maximum atomic E-state index is 6.20. The van der Waals surface area contributed by atoms with E-state index in [2.05, 4.69) is 27.7 Å². The topological polar surface area (TPSA) is 60.6 Å². The number of nitrogens with one attached hydrogen (secondary N) is 1. The van der Waals surface area contributed by atoms with Crippen LogP contribution in [-0.4, -0.2) is 31.3 Å². The number of hydrogen-bond acceptors (Lipinski definition) is 4. The van der Waals surface area contributed by atoms with Crippen LogP contribution in [0.4, 0.5) is 0 Å². The Bertz CT molecular complexity index is 530. The smallest absolute Gasteiger partial charge is 0.0964 e. The van der Waals surface area contributed by atoms with Crippen molar-refractivity contribution in [3.8, 4) is 0 Å². The van der Waals surface area contributed by atoms with Crippen molar-refractivity contribution in [1.29, 1.82) is 0 Å². The quantitative estimate of drug-likeness (QED) is 0.883. The monoisotopic (exact) mass is 268 g/mol. The van der Waals surface area contributed by atoms with E-state index < -0.39 is 0 Å². The largest absolute Gasteiger partial charge is 0.311 e. The number of aryl methyl sites for hydroxylation is 2. The predicted molar refractivity (Wildman–Crippen MR) is 69.5 cm³/mol. The van der Waals surface area contributed by atoms with Crippen molar-refractivity contribution in [3.05, 3.63) is 28.3 Å². The van der Waals surface area contributed by atoms with Crippen LogP contribution in [0.25, 0.3) is 0 Å². The zero-order valence-electron chi connectivity index (χ0n) is 10.8. The van der Waals surface area contributed by atoms with Crippen LogP contribution < -0.4 is 5.32 Å². The van der Waals surface area contributed by atoms with E-state index in [0.717, 1.165) is 30.2 Å². The summed E-state index contributed by atoms with van der Waals surface area (Å²) in [6.07, 6.45) is 1.92. The fraction of sp³-hybridized carbons (Fsp3) is 0.545. The van der Waals surface area contributed by atoms with Gasteiger partial charge in [-0.05, 0) is 13.5 Å². The molecule has 7 heteroatoms. The molecule has 98 valence electrons. The van der Waals surface area contributed by atoms with Crippen molar-refractivity contribution >= 4 is 11.6 Å². The number of hydrogen-bond donors (Lipinski definition) is 1. The second kappa shape index (κ2) is 5.49. The Kier molecular flexibility index (Phi) is 3.98. The van der Waals surface area contributed by atoms with Crippen LogP contribution in [0, 0.1) is 6.92 Å². The van der Waals surface area contributed by atoms with E-state index in [1.165, 1.54) is 0 Å². The molecule has 0 aromatic carbocycles. The van der Waals surface area contributed by atoms with E-state index in [1.54, 1.807) is 9.36 Å². The van der Waals surface area contributed by atoms with Crippen molar-refractivity contribution in [2.75, 3.05) is 6.54 Å². The molecule has 2 rings (SSSR count). The molecule has 0 aliphatic heterocycles. The fourth-order valence-corrected chi connectivity index (χ4v) is 1.98. The summed E-state index contributed by atoms with van der Waals surface area (Å²) in [6.45, 7) is 6.18. The highest BCUT2D eigenvalue weighted by molar-refractivity contribution is 6.31. The maximum Gasteiger partial charge on any atom is 0.0964 e. The molecule has 0 amide bonds. The lowest BCUT2D eigenvalue weighted by molar-refractivity contribution is 0.599. The second-order valence-electron chi connectivity index (χ2n) is 4.16. The van der Waals surface area contributed by atoms with Gasteiger partial charge in [0.25, 0.3) is 0 Å². The fourth-order valence-electron chi connectivity index (χ4n) is 1.76. The molecule has 0 spiro atoms. The average Bonchev–Trinajstić information content (AvgIpc) is 2.88. The molecule has 2 aromatic heterocycles. The molecule has 0 aliphatic carbocycles. The molecule has 6 nitrogen and oxygen atoms in total. The molecule has 0 saturated heterocycles. The molecule has 0 unspecified atom stereocenters. The Labute approximate surface area is 111 Å². The SMILES string of the molecule is CCNCc1cn(Cc2c(Cl)c(C)nn2C)nn1. The Hall–Kier alpha value is -1.40. The van der Waals surface area contributed by atoms with Crippen LogP contribution in [0.5, 0.6) is 0 Å². The number of nitrogens with zero attached hydrogens (tertiary/aromatic N) is 5. The molecule has 2 aromatic rings. The van der Waals surface area contributed by atoms with Gasteiger partial charge in [-0.25, -0.2) is 4.68 Å². The molecule has 0 atom stereocenters. The van der Waals surface area contributed by atoms with E-state index in [0.29, 0.717) is 11.6 Å². The van der Waals surface area contributed by atoms with Gasteiger partial charge in [-0.2, -0.15) is 5.10 Å². The van der Waals surface area contributed by atoms with Crippen LogP contribution >= 0.6 is 11.6 Å². The zero-order chi connectivity index (χ0) is 13.1. The minimum Gasteiger partial charge on any atom is -0.311 e. The third kappa shape index (κ3) is 2.70. The van der Waals surface area contributed by atoms with Crippen LogP contribution in [0.2, 0.25) is 5.02 Å². The normalized spacial score (nSPS) is 11.1. The molecular formula is C11H17ClN6. The lowest BCUT2D eigenvalue weighted by Crippen LogP contribution is -2.11. The summed E-state index contributed by atoms with van der Waals surface area (Å²) in [4.78, 5) is 0. The lowest BCUT2D eigenvalue weighted by atomic mass is 10.3. The molecule has 0 aliphatic rings. The summed E-state index contributed by atoms with van der Waals surface area (Å²) in [7, 11) is 1.88. The van der Waals surface area contributed by atoms with Crippen molar-refractivity contribution in [3.63, 3.8) is 0 Å². The molecule has 18 heavy (non-hydrogen) atoms. The Morgan fingerprint density at radius 2 is 2.22 bits per heavy atom. The van der Waals surface area contributed by atoms with Gasteiger partial charge in [-0.1, -0.05) is 23.7 Å². The van der Waals surface area contributed by atoms with Crippen molar-refractivity contribution in [2.45, 2.75) is 26.9 Å². The molecule has 0 fully saturated rings. The first-order valence-electron chi connectivity index (χ1n) is 5.89. The zero-order valence-corrected chi connectivity index (χ0v) is 11.6. The van der Waals surface area contributed by atoms with Gasteiger partial charge in [0.05, 0.1) is 34.8 Å². The maximum absolute atomic E-state index is 6.20. The Morgan fingerprint density at radius 3 is 2.83 bits per heavy atom. The van der Waals surface area contributed by atoms with Crippen LogP contribution in [0.1, 0.15) is 24.0 Å². The standard InChI is InChI=1S/C11H17ClN6/c1-4-13-5-9-6-18(16-14-9)7-10-11(12)8(2)15-17(10)3/h6,13H,4-5,7H2,1-3H3. The lowest BCUT2D eigenvalue weighted by Gasteiger charge is -2.02. The summed E-state index contributed by atoms with van der Waals surface area (Å²) < 4.78 is 3.55. The van der Waals surface area contributed by atoms with E-state index >= 15 is 0 Å². The Morgan fingerprint density at radius 1 is 1.44 bits per heavy atom. The van der Waals surface area contributed by atoms with Crippen LogP contribution in [-0.2, 0) is 20.1 Å². The molecule has 0 radical (unpaired) electrons. The van der Waals surface area contributed by atoms with Gasteiger partial charge in [0.15, 0.2) is 0 Å². The molecule has 2 heterocycles. The minimum absolute atomic E-state index is 0.579. The van der Waals surface area contributed by atoms with E-state index in [9.17, 15) is 0 Å². The summed E-state index contributed by atoms with van der Waals surface area (Å²) in [6, 6.07) is 0. The molecule has 0 bridgehead atoms. The highest BCUT2D eigenvalue weighted by Crippen LogP contribution is 2.19. The summed E-state index contributed by atoms with van der Waals surface area (Å²) >= 11 is 6.20. The summed E-state index contributed by atoms with van der Waals surface area (Å²) in [5.41, 5.74) is 2.70. The number of aromatic nitrogens is 5. The van der Waals surface area contributed by atoms with Gasteiger partial charge in [0.2, 0.25) is 0 Å². The molecular weight excluding hydrogens is 252 g/mol. The van der Waals surface area contributed by atoms with Gasteiger partial charge < -0.3 is 5.32 Å². The second-order valence-corrected chi connectivity index (χ2v) is 4.54. The van der Waals surface area contributed by atoms with Gasteiger partial charge in [-0.3, -0.25) is 4.68 Å². The summed E-state index contributed by atoms with van der Waals surface area (Å²) in [5, 5.41) is 16.4. The van der Waals surface area contributed by atoms with Crippen molar-refractivity contribution < 1.29 is 0 Å². The van der Waals surface area contributed by atoms with Gasteiger partial charge in [0.1, 0.15) is 0 Å². The highest BCUT2D eigenvalue weighted by atomic mass is 35.5. The van der Waals surface area contributed by atoms with Gasteiger partial charge in [0, 0.05) is 13.6 Å². The van der Waals surface area contributed by atoms with Gasteiger partial charge >= 0.3 is 0 Å². The third-order valence-corrected chi connectivity index (χ3v) is 3.21. The third-order valence-electron chi connectivity index (χ3n) is 2.72. The van der Waals surface area contributed by atoms with Crippen molar-refractivity contribution in [1.82, 2.24) is 30.1 Å². The molecule has 1 N–H and O–H groups in total. The average molecular weight is 269 g/mol. The number of rotatable bonds is 5. The molecule has 0 saturated carbocycles. The van der Waals surface area contributed by atoms with Crippen LogP contribution in [0.15, 0.2) is 6.20 Å². The van der Waals surface area contributed by atoms with E-state index in [-0.39, 0.29) is 0 Å². The minimum atomic E-state index is 0.579.